The van der Waals surface area contributed by atoms with E-state index in [0.29, 0.717) is 35.7 Å². The van der Waals surface area contributed by atoms with Crippen LogP contribution < -0.4 is 4.90 Å². The molecule has 6 nitrogen and oxygen atoms in total. The largest absolute Gasteiger partial charge is 0.338 e. The molecule has 1 atom stereocenters. The summed E-state index contributed by atoms with van der Waals surface area (Å²) in [6.07, 6.45) is 1.64. The van der Waals surface area contributed by atoms with Gasteiger partial charge in [-0.3, -0.25) is 9.59 Å². The Hall–Kier alpha value is -1.60. The molecule has 1 aromatic carbocycles. The van der Waals surface area contributed by atoms with Crippen LogP contribution in [0.1, 0.15) is 29.6 Å². The van der Waals surface area contributed by atoms with Crippen LogP contribution in [0.25, 0.3) is 0 Å². The summed E-state index contributed by atoms with van der Waals surface area (Å²) in [4.78, 5) is 28.0. The fraction of sp³-hybridized carbons (Fsp3) is 0.500. The number of rotatable bonds is 3. The minimum absolute atomic E-state index is 0.0131. The molecule has 2 fully saturated rings. The van der Waals surface area contributed by atoms with Gasteiger partial charge in [0, 0.05) is 31.1 Å². The van der Waals surface area contributed by atoms with Gasteiger partial charge in [0.25, 0.3) is 5.91 Å². The molecule has 3 rings (SSSR count). The second kappa shape index (κ2) is 6.37. The number of carbonyl (C=O) groups excluding carboxylic acids is 2. The first-order chi connectivity index (χ1) is 11.3. The maximum Gasteiger partial charge on any atom is 0.255 e. The molecular weight excluding hydrogens is 352 g/mol. The van der Waals surface area contributed by atoms with Crippen LogP contribution >= 0.6 is 11.6 Å². The average molecular weight is 371 g/mol. The minimum Gasteiger partial charge on any atom is -0.338 e. The van der Waals surface area contributed by atoms with E-state index < -0.39 is 9.84 Å². The first-order valence-corrected chi connectivity index (χ1v) is 10.1. The topological polar surface area (TPSA) is 74.8 Å². The Morgan fingerprint density at radius 1 is 1.38 bits per heavy atom. The third-order valence-corrected chi connectivity index (χ3v) is 6.62. The van der Waals surface area contributed by atoms with E-state index >= 15 is 0 Å². The quantitative estimate of drug-likeness (QED) is 0.812. The lowest BCUT2D eigenvalue weighted by molar-refractivity contribution is -0.117. The number of hydrogen-bond donors (Lipinski definition) is 0. The molecule has 0 bridgehead atoms. The smallest absolute Gasteiger partial charge is 0.255 e. The maximum atomic E-state index is 12.9. The van der Waals surface area contributed by atoms with E-state index in [1.165, 1.54) is 4.90 Å². The van der Waals surface area contributed by atoms with Gasteiger partial charge >= 0.3 is 0 Å². The van der Waals surface area contributed by atoms with Crippen LogP contribution in [0.2, 0.25) is 5.02 Å². The van der Waals surface area contributed by atoms with Crippen molar-refractivity contribution in [2.45, 2.75) is 25.3 Å². The first-order valence-electron chi connectivity index (χ1n) is 7.86. The number of benzene rings is 1. The SMILES string of the molecule is CN(C(=O)c1ccc(Cl)cc1N1CCCC1=O)C1CCS(=O)(=O)C1. The summed E-state index contributed by atoms with van der Waals surface area (Å²) >= 11 is 6.05. The molecule has 0 aliphatic carbocycles. The van der Waals surface area contributed by atoms with Gasteiger partial charge in [-0.2, -0.15) is 0 Å². The second-order valence-corrected chi connectivity index (χ2v) is 8.95. The van der Waals surface area contributed by atoms with Crippen molar-refractivity contribution in [3.8, 4) is 0 Å². The molecule has 1 unspecified atom stereocenters. The van der Waals surface area contributed by atoms with E-state index in [9.17, 15) is 18.0 Å². The molecule has 2 saturated heterocycles. The van der Waals surface area contributed by atoms with Crippen molar-refractivity contribution in [2.75, 3.05) is 30.0 Å². The maximum absolute atomic E-state index is 12.9. The molecule has 8 heteroatoms. The van der Waals surface area contributed by atoms with Crippen LogP contribution in [0.3, 0.4) is 0 Å². The summed E-state index contributed by atoms with van der Waals surface area (Å²) in [5.74, 6) is -0.227. The molecule has 130 valence electrons. The van der Waals surface area contributed by atoms with Crippen molar-refractivity contribution in [1.29, 1.82) is 0 Å². The van der Waals surface area contributed by atoms with E-state index in [1.807, 2.05) is 0 Å². The van der Waals surface area contributed by atoms with Gasteiger partial charge in [0.2, 0.25) is 5.91 Å². The van der Waals surface area contributed by atoms with Crippen molar-refractivity contribution in [3.63, 3.8) is 0 Å². The van der Waals surface area contributed by atoms with Crippen molar-refractivity contribution in [1.82, 2.24) is 4.90 Å². The molecule has 2 aliphatic rings. The summed E-state index contributed by atoms with van der Waals surface area (Å²) in [6, 6.07) is 4.50. The number of sulfone groups is 1. The minimum atomic E-state index is -3.08. The van der Waals surface area contributed by atoms with Crippen molar-refractivity contribution in [3.05, 3.63) is 28.8 Å². The molecule has 0 aromatic heterocycles. The molecule has 0 spiro atoms. The fourth-order valence-electron chi connectivity index (χ4n) is 3.25. The highest BCUT2D eigenvalue weighted by Crippen LogP contribution is 2.30. The molecule has 2 amide bonds. The molecule has 0 N–H and O–H groups in total. The van der Waals surface area contributed by atoms with E-state index in [-0.39, 0.29) is 29.4 Å². The van der Waals surface area contributed by atoms with Crippen LogP contribution in [0, 0.1) is 0 Å². The first kappa shape index (κ1) is 17.2. The number of nitrogens with zero attached hydrogens (tertiary/aromatic N) is 2. The number of carbonyl (C=O) groups is 2. The molecule has 1 aromatic rings. The monoisotopic (exact) mass is 370 g/mol. The van der Waals surface area contributed by atoms with Gasteiger partial charge < -0.3 is 9.80 Å². The van der Waals surface area contributed by atoms with E-state index in [4.69, 9.17) is 11.6 Å². The van der Waals surface area contributed by atoms with Crippen molar-refractivity contribution >= 4 is 38.9 Å². The van der Waals surface area contributed by atoms with Gasteiger partial charge in [0.15, 0.2) is 9.84 Å². The lowest BCUT2D eigenvalue weighted by Gasteiger charge is -2.26. The van der Waals surface area contributed by atoms with Gasteiger partial charge in [-0.05, 0) is 31.0 Å². The normalized spacial score (nSPS) is 22.8. The van der Waals surface area contributed by atoms with E-state index in [1.54, 1.807) is 30.1 Å². The third kappa shape index (κ3) is 3.28. The zero-order valence-corrected chi connectivity index (χ0v) is 14.9. The Kier molecular flexibility index (Phi) is 4.57. The zero-order chi connectivity index (χ0) is 17.5. The van der Waals surface area contributed by atoms with E-state index in [2.05, 4.69) is 0 Å². The van der Waals surface area contributed by atoms with Crippen molar-refractivity contribution < 1.29 is 18.0 Å². The predicted octanol–water partition coefficient (Wildman–Crippen LogP) is 1.73. The average Bonchev–Trinajstić information content (AvgIpc) is 3.11. The molecule has 2 heterocycles. The Morgan fingerprint density at radius 2 is 2.12 bits per heavy atom. The predicted molar refractivity (Wildman–Crippen MR) is 92.2 cm³/mol. The van der Waals surface area contributed by atoms with Gasteiger partial charge in [-0.15, -0.1) is 0 Å². The number of halogens is 1. The Bertz CT molecular complexity index is 793. The lowest BCUT2D eigenvalue weighted by Crippen LogP contribution is -2.39. The van der Waals surface area contributed by atoms with Crippen molar-refractivity contribution in [2.24, 2.45) is 0 Å². The van der Waals surface area contributed by atoms with E-state index in [0.717, 1.165) is 6.42 Å². The Morgan fingerprint density at radius 3 is 2.71 bits per heavy atom. The summed E-state index contributed by atoms with van der Waals surface area (Å²) in [6.45, 7) is 0.557. The van der Waals surface area contributed by atoms with Gasteiger partial charge in [0.1, 0.15) is 0 Å². The summed E-state index contributed by atoms with van der Waals surface area (Å²) in [5.41, 5.74) is 0.879. The molecular formula is C16H19ClN2O4S. The lowest BCUT2D eigenvalue weighted by atomic mass is 10.1. The van der Waals surface area contributed by atoms with Gasteiger partial charge in [0.05, 0.1) is 22.8 Å². The van der Waals surface area contributed by atoms with Crippen LogP contribution in [-0.4, -0.2) is 56.3 Å². The number of hydrogen-bond acceptors (Lipinski definition) is 4. The molecule has 2 aliphatic heterocycles. The standard InChI is InChI=1S/C16H19ClN2O4S/c1-18(12-6-8-24(22,23)10-12)16(21)13-5-4-11(17)9-14(13)19-7-2-3-15(19)20/h4-5,9,12H,2-3,6-8,10H2,1H3. The number of anilines is 1. The highest BCUT2D eigenvalue weighted by molar-refractivity contribution is 7.91. The molecule has 0 saturated carbocycles. The number of amides is 2. The highest BCUT2D eigenvalue weighted by Gasteiger charge is 2.34. The Labute approximate surface area is 146 Å². The highest BCUT2D eigenvalue weighted by atomic mass is 35.5. The second-order valence-electron chi connectivity index (χ2n) is 6.28. The molecule has 0 radical (unpaired) electrons. The van der Waals surface area contributed by atoms with Crippen LogP contribution in [0.15, 0.2) is 18.2 Å². The van der Waals surface area contributed by atoms with Crippen LogP contribution in [-0.2, 0) is 14.6 Å². The van der Waals surface area contributed by atoms with Crippen LogP contribution in [0.5, 0.6) is 0 Å². The summed E-state index contributed by atoms with van der Waals surface area (Å²) in [5, 5.41) is 0.451. The third-order valence-electron chi connectivity index (χ3n) is 4.63. The Balaban J connectivity index is 1.91. The fourth-order valence-corrected chi connectivity index (χ4v) is 5.19. The summed E-state index contributed by atoms with van der Waals surface area (Å²) < 4.78 is 23.3. The molecule has 24 heavy (non-hydrogen) atoms. The van der Waals surface area contributed by atoms with Gasteiger partial charge in [-0.1, -0.05) is 11.6 Å². The zero-order valence-electron chi connectivity index (χ0n) is 13.4. The van der Waals surface area contributed by atoms with Gasteiger partial charge in [-0.25, -0.2) is 8.42 Å². The summed E-state index contributed by atoms with van der Waals surface area (Å²) in [7, 11) is -1.47. The van der Waals surface area contributed by atoms with Crippen LogP contribution in [0.4, 0.5) is 5.69 Å².